The number of fused-ring (bicyclic) bond motifs is 4. The van der Waals surface area contributed by atoms with Crippen LogP contribution in [0.3, 0.4) is 0 Å². The summed E-state index contributed by atoms with van der Waals surface area (Å²) >= 11 is 0. The molecule has 6 rings (SSSR count). The van der Waals surface area contributed by atoms with E-state index in [2.05, 4.69) is 51.3 Å². The first-order valence-electron chi connectivity index (χ1n) is 15.4. The van der Waals surface area contributed by atoms with Gasteiger partial charge in [0.2, 0.25) is 0 Å². The molecular formula is C32H43N5O4S. The molecule has 1 aromatic heterocycles. The molecule has 1 N–H and O–H groups in total. The largest absolute Gasteiger partial charge is 0.491 e. The monoisotopic (exact) mass is 593 g/mol. The molecule has 0 spiro atoms. The van der Waals surface area contributed by atoms with E-state index in [1.54, 1.807) is 6.07 Å². The summed E-state index contributed by atoms with van der Waals surface area (Å²) in [4.78, 5) is 18.0. The molecule has 9 nitrogen and oxygen atoms in total. The summed E-state index contributed by atoms with van der Waals surface area (Å²) in [5.41, 5.74) is 4.90. The molecule has 1 aliphatic carbocycles. The maximum atomic E-state index is 13.4. The van der Waals surface area contributed by atoms with Crippen LogP contribution >= 0.6 is 0 Å². The van der Waals surface area contributed by atoms with E-state index in [1.807, 2.05) is 18.2 Å². The average molecular weight is 594 g/mol. The number of hydrogen-bond donors (Lipinski definition) is 1. The molecule has 2 aliphatic heterocycles. The van der Waals surface area contributed by atoms with Crippen LogP contribution in [0.15, 0.2) is 42.5 Å². The molecule has 3 heterocycles. The second-order valence-corrected chi connectivity index (χ2v) is 13.9. The summed E-state index contributed by atoms with van der Waals surface area (Å²) in [6, 6.07) is 14.1. The lowest BCUT2D eigenvalue weighted by Crippen LogP contribution is -2.47. The van der Waals surface area contributed by atoms with E-state index in [0.717, 1.165) is 54.7 Å². The van der Waals surface area contributed by atoms with Crippen molar-refractivity contribution in [1.29, 1.82) is 0 Å². The summed E-state index contributed by atoms with van der Waals surface area (Å²) in [6.07, 6.45) is 5.95. The Morgan fingerprint density at radius 3 is 2.52 bits per heavy atom. The van der Waals surface area contributed by atoms with Crippen LogP contribution in [0, 0.1) is 0 Å². The Morgan fingerprint density at radius 1 is 0.976 bits per heavy atom. The summed E-state index contributed by atoms with van der Waals surface area (Å²) in [5.74, 6) is 0.691. The van der Waals surface area contributed by atoms with Gasteiger partial charge in [0, 0.05) is 61.8 Å². The number of aromatic nitrogens is 1. The number of ether oxygens (including phenoxy) is 1. The van der Waals surface area contributed by atoms with Gasteiger partial charge in [-0.15, -0.1) is 0 Å². The molecule has 1 saturated carbocycles. The highest BCUT2D eigenvalue weighted by atomic mass is 32.2. The predicted octanol–water partition coefficient (Wildman–Crippen LogP) is 4.29. The number of likely N-dealkylation sites (N-methyl/N-ethyl adjacent to an activating group) is 3. The third-order valence-corrected chi connectivity index (χ3v) is 11.0. The zero-order chi connectivity index (χ0) is 29.4. The summed E-state index contributed by atoms with van der Waals surface area (Å²) in [5, 5.41) is 1.14. The number of rotatable bonds is 2. The van der Waals surface area contributed by atoms with E-state index in [1.165, 1.54) is 41.9 Å². The fraction of sp³-hybridized carbons (Fsp3) is 0.531. The zero-order valence-electron chi connectivity index (χ0n) is 25.0. The molecule has 3 aliphatic rings. The Balaban J connectivity index is 1.56. The maximum Gasteiger partial charge on any atom is 0.303 e. The standard InChI is InChI=1S/C32H43N5O4S/c1-4-36-18-16-34(2)25-21-37-28-20-24(32(38)33-42(39,40)35(3)17-19-36)14-15-26(28)30(23-10-6-5-7-11-23)31(37)27-12-8-9-13-29(27)41-22-25/h8-9,12-15,20,23,25H,4-7,10-11,16-19,21-22H2,1-3H3,(H,33,38). The summed E-state index contributed by atoms with van der Waals surface area (Å²) in [7, 11) is -0.313. The van der Waals surface area contributed by atoms with Crippen LogP contribution in [0.4, 0.5) is 0 Å². The smallest absolute Gasteiger partial charge is 0.303 e. The van der Waals surface area contributed by atoms with Crippen LogP contribution in [-0.4, -0.2) is 92.5 Å². The number of benzene rings is 2. The van der Waals surface area contributed by atoms with Crippen molar-refractivity contribution in [2.45, 2.75) is 57.5 Å². The molecule has 10 heteroatoms. The predicted molar refractivity (Wildman–Crippen MR) is 166 cm³/mol. The van der Waals surface area contributed by atoms with E-state index < -0.39 is 16.1 Å². The lowest BCUT2D eigenvalue weighted by atomic mass is 9.81. The number of carbonyl (C=O) groups excluding carboxylic acids is 1. The van der Waals surface area contributed by atoms with E-state index in [4.69, 9.17) is 4.74 Å². The molecule has 0 radical (unpaired) electrons. The molecule has 4 bridgehead atoms. The quantitative estimate of drug-likeness (QED) is 0.477. The van der Waals surface area contributed by atoms with Gasteiger partial charge < -0.3 is 14.2 Å². The van der Waals surface area contributed by atoms with Crippen molar-refractivity contribution < 1.29 is 17.9 Å². The molecule has 1 amide bonds. The molecule has 42 heavy (non-hydrogen) atoms. The van der Waals surface area contributed by atoms with Crippen LogP contribution in [0.2, 0.25) is 0 Å². The van der Waals surface area contributed by atoms with E-state index in [9.17, 15) is 13.2 Å². The molecule has 1 fully saturated rings. The van der Waals surface area contributed by atoms with Crippen molar-refractivity contribution in [3.63, 3.8) is 0 Å². The Kier molecular flexibility index (Phi) is 8.33. The third-order valence-electron chi connectivity index (χ3n) is 9.55. The van der Waals surface area contributed by atoms with E-state index in [0.29, 0.717) is 37.7 Å². The van der Waals surface area contributed by atoms with Gasteiger partial charge in [0.15, 0.2) is 0 Å². The van der Waals surface area contributed by atoms with Gasteiger partial charge in [-0.25, -0.2) is 4.72 Å². The molecule has 1 atom stereocenters. The van der Waals surface area contributed by atoms with Crippen molar-refractivity contribution in [3.05, 3.63) is 53.6 Å². The molecule has 3 aromatic rings. The second kappa shape index (κ2) is 12.0. The van der Waals surface area contributed by atoms with Gasteiger partial charge in [-0.1, -0.05) is 44.4 Å². The van der Waals surface area contributed by atoms with Crippen molar-refractivity contribution in [1.82, 2.24) is 23.4 Å². The lowest BCUT2D eigenvalue weighted by Gasteiger charge is -2.34. The van der Waals surface area contributed by atoms with Crippen molar-refractivity contribution in [2.75, 3.05) is 53.4 Å². The molecule has 0 saturated heterocycles. The highest BCUT2D eigenvalue weighted by Crippen LogP contribution is 2.47. The van der Waals surface area contributed by atoms with Crippen LogP contribution < -0.4 is 9.46 Å². The zero-order valence-corrected chi connectivity index (χ0v) is 25.8. The summed E-state index contributed by atoms with van der Waals surface area (Å²) in [6.45, 7) is 6.66. The van der Waals surface area contributed by atoms with Gasteiger partial charge in [-0.05, 0) is 62.2 Å². The summed E-state index contributed by atoms with van der Waals surface area (Å²) < 4.78 is 38.7. The van der Waals surface area contributed by atoms with Crippen molar-refractivity contribution in [3.8, 4) is 17.0 Å². The molecule has 226 valence electrons. The number of hydrogen-bond acceptors (Lipinski definition) is 6. The topological polar surface area (TPSA) is 87.1 Å². The average Bonchev–Trinajstić information content (AvgIpc) is 3.30. The van der Waals surface area contributed by atoms with Gasteiger partial charge in [-0.3, -0.25) is 9.69 Å². The number of amides is 1. The fourth-order valence-electron chi connectivity index (χ4n) is 6.87. The Morgan fingerprint density at radius 2 is 1.74 bits per heavy atom. The van der Waals surface area contributed by atoms with Gasteiger partial charge in [0.25, 0.3) is 5.91 Å². The van der Waals surface area contributed by atoms with Gasteiger partial charge in [-0.2, -0.15) is 12.7 Å². The maximum absolute atomic E-state index is 13.4. The SMILES string of the molecule is CCN1CCN(C)C2COc3ccccc3-c3c(C4CCCCC4)c4ccc(cc4n3C2)C(=O)NS(=O)(=O)N(C)CC1. The lowest BCUT2D eigenvalue weighted by molar-refractivity contribution is 0.0979. The number of para-hydroxylation sites is 1. The Bertz CT molecular complexity index is 1560. The fourth-order valence-corrected chi connectivity index (χ4v) is 7.70. The molecular weight excluding hydrogens is 550 g/mol. The van der Waals surface area contributed by atoms with Crippen LogP contribution in [0.25, 0.3) is 22.2 Å². The normalized spacial score (nSPS) is 23.3. The highest BCUT2D eigenvalue weighted by molar-refractivity contribution is 7.87. The molecule has 1 unspecified atom stereocenters. The number of nitrogens with zero attached hydrogens (tertiary/aromatic N) is 4. The Labute approximate surface area is 249 Å². The van der Waals surface area contributed by atoms with Crippen molar-refractivity contribution in [2.24, 2.45) is 0 Å². The minimum absolute atomic E-state index is 0.110. The van der Waals surface area contributed by atoms with Gasteiger partial charge in [0.05, 0.1) is 11.7 Å². The highest BCUT2D eigenvalue weighted by Gasteiger charge is 2.32. The second-order valence-electron chi connectivity index (χ2n) is 12.1. The number of carbonyl (C=O) groups is 1. The van der Waals surface area contributed by atoms with Crippen LogP contribution in [-0.2, 0) is 16.8 Å². The minimum atomic E-state index is -3.99. The third kappa shape index (κ3) is 5.57. The van der Waals surface area contributed by atoms with E-state index >= 15 is 0 Å². The van der Waals surface area contributed by atoms with Crippen molar-refractivity contribution >= 4 is 27.0 Å². The Hall–Kier alpha value is -2.92. The minimum Gasteiger partial charge on any atom is -0.491 e. The van der Waals surface area contributed by atoms with Gasteiger partial charge in [0.1, 0.15) is 12.4 Å². The van der Waals surface area contributed by atoms with Gasteiger partial charge >= 0.3 is 10.2 Å². The first-order chi connectivity index (χ1) is 20.3. The van der Waals surface area contributed by atoms with Crippen LogP contribution in [0.1, 0.15) is 60.9 Å². The van der Waals surface area contributed by atoms with Crippen LogP contribution in [0.5, 0.6) is 5.75 Å². The van der Waals surface area contributed by atoms with E-state index in [-0.39, 0.29) is 6.04 Å². The number of nitrogens with one attached hydrogen (secondary N) is 1. The molecule has 2 aromatic carbocycles. The first kappa shape index (κ1) is 29.2. The first-order valence-corrected chi connectivity index (χ1v) is 16.8.